The van der Waals surface area contributed by atoms with E-state index in [0.717, 1.165) is 10.8 Å². The Morgan fingerprint density at radius 2 is 1.89 bits per heavy atom. The number of terminal acetylenes is 1. The number of hydrogen-bond acceptors (Lipinski definition) is 6. The van der Waals surface area contributed by atoms with Crippen molar-refractivity contribution in [3.05, 3.63) is 47.5 Å². The summed E-state index contributed by atoms with van der Waals surface area (Å²) in [5, 5.41) is 43.5. The lowest BCUT2D eigenvalue weighted by Gasteiger charge is -2.41. The Hall–Kier alpha value is -3.61. The van der Waals surface area contributed by atoms with Crippen molar-refractivity contribution in [3.63, 3.8) is 0 Å². The van der Waals surface area contributed by atoms with Gasteiger partial charge in [-0.15, -0.1) is 16.6 Å². The minimum absolute atomic E-state index is 0.0461. The molecule has 28 heavy (non-hydrogen) atoms. The molecule has 3 aromatic rings. The predicted molar refractivity (Wildman–Crippen MR) is 107 cm³/mol. The van der Waals surface area contributed by atoms with Crippen LogP contribution in [-0.4, -0.2) is 32.1 Å². The van der Waals surface area contributed by atoms with Crippen LogP contribution in [0.2, 0.25) is 0 Å². The van der Waals surface area contributed by atoms with Crippen LogP contribution in [0.1, 0.15) is 30.9 Å². The molecule has 2 aromatic carbocycles. The van der Waals surface area contributed by atoms with Crippen LogP contribution in [-0.2, 0) is 0 Å². The molecule has 1 heterocycles. The first-order valence-corrected chi connectivity index (χ1v) is 8.91. The molecule has 0 aliphatic heterocycles. The summed E-state index contributed by atoms with van der Waals surface area (Å²) in [6, 6.07) is 12.9. The van der Waals surface area contributed by atoms with Crippen molar-refractivity contribution >= 4 is 16.6 Å². The molecule has 1 saturated carbocycles. The fraction of sp³-hybridized carbons (Fsp3) is 0.227. The highest BCUT2D eigenvalue weighted by Crippen LogP contribution is 2.39. The molecule has 0 radical (unpaired) electrons. The van der Waals surface area contributed by atoms with Gasteiger partial charge in [0, 0.05) is 27.9 Å². The molecular formula is C22H18N4O2. The van der Waals surface area contributed by atoms with Crippen molar-refractivity contribution in [2.75, 3.05) is 5.32 Å². The molecule has 0 atom stereocenters. The Kier molecular flexibility index (Phi) is 4.15. The molecule has 4 rings (SSSR count). The summed E-state index contributed by atoms with van der Waals surface area (Å²) in [7, 11) is 0. The molecule has 1 aromatic heterocycles. The third-order valence-corrected chi connectivity index (χ3v) is 5.10. The Morgan fingerprint density at radius 1 is 1.18 bits per heavy atom. The number of fused-ring (bicyclic) bond motifs is 1. The molecule has 1 aliphatic rings. The lowest BCUT2D eigenvalue weighted by molar-refractivity contribution is -0.0235. The van der Waals surface area contributed by atoms with E-state index in [4.69, 9.17) is 6.42 Å². The number of nitrogens with one attached hydrogen (secondary N) is 1. The van der Waals surface area contributed by atoms with Gasteiger partial charge in [-0.05, 0) is 31.9 Å². The van der Waals surface area contributed by atoms with Gasteiger partial charge in [0.15, 0.2) is 5.82 Å². The molecule has 1 aliphatic carbocycles. The summed E-state index contributed by atoms with van der Waals surface area (Å²) in [4.78, 5) is 0. The van der Waals surface area contributed by atoms with Gasteiger partial charge in [-0.2, -0.15) is 5.26 Å². The topological polar surface area (TPSA) is 102 Å². The van der Waals surface area contributed by atoms with Gasteiger partial charge >= 0.3 is 0 Å². The lowest BCUT2D eigenvalue weighted by Crippen LogP contribution is -2.48. The average Bonchev–Trinajstić information content (AvgIpc) is 2.67. The van der Waals surface area contributed by atoms with E-state index in [9.17, 15) is 15.5 Å². The SMILES string of the molecule is C#Cc1ccc(-c2nnc(NC3CC(C)(O)C3)c3ccccc23)c(O)c1C#N. The highest BCUT2D eigenvalue weighted by molar-refractivity contribution is 6.01. The molecule has 1 fully saturated rings. The number of nitriles is 1. The summed E-state index contributed by atoms with van der Waals surface area (Å²) in [6.07, 6.45) is 6.70. The largest absolute Gasteiger partial charge is 0.506 e. The normalized spacial score (nSPS) is 20.8. The first kappa shape index (κ1) is 17.8. The van der Waals surface area contributed by atoms with Crippen LogP contribution in [0, 0.1) is 23.7 Å². The third-order valence-electron chi connectivity index (χ3n) is 5.10. The Bertz CT molecular complexity index is 1160. The fourth-order valence-electron chi connectivity index (χ4n) is 3.72. The summed E-state index contributed by atoms with van der Waals surface area (Å²) in [6.45, 7) is 1.81. The summed E-state index contributed by atoms with van der Waals surface area (Å²) < 4.78 is 0. The van der Waals surface area contributed by atoms with Gasteiger partial charge in [0.2, 0.25) is 0 Å². The van der Waals surface area contributed by atoms with Crippen LogP contribution in [0.5, 0.6) is 5.75 Å². The molecule has 0 unspecified atom stereocenters. The van der Waals surface area contributed by atoms with Gasteiger partial charge in [-0.3, -0.25) is 0 Å². The number of hydrogen-bond donors (Lipinski definition) is 3. The number of aromatic nitrogens is 2. The average molecular weight is 370 g/mol. The highest BCUT2D eigenvalue weighted by atomic mass is 16.3. The van der Waals surface area contributed by atoms with Crippen LogP contribution < -0.4 is 5.32 Å². The zero-order chi connectivity index (χ0) is 19.9. The Balaban J connectivity index is 1.82. The molecule has 0 saturated heterocycles. The van der Waals surface area contributed by atoms with Crippen molar-refractivity contribution in [3.8, 4) is 35.4 Å². The number of phenolic OH excluding ortho intramolecular Hbond substituents is 1. The second kappa shape index (κ2) is 6.53. The Labute approximate surface area is 162 Å². The van der Waals surface area contributed by atoms with E-state index in [0.29, 0.717) is 35.5 Å². The lowest BCUT2D eigenvalue weighted by atomic mass is 9.77. The van der Waals surface area contributed by atoms with E-state index in [1.807, 2.05) is 37.3 Å². The minimum Gasteiger partial charge on any atom is -0.506 e. The monoisotopic (exact) mass is 370 g/mol. The first-order valence-electron chi connectivity index (χ1n) is 8.91. The minimum atomic E-state index is -0.640. The number of benzene rings is 2. The van der Waals surface area contributed by atoms with E-state index >= 15 is 0 Å². The summed E-state index contributed by atoms with van der Waals surface area (Å²) in [5.74, 6) is 2.83. The maximum Gasteiger partial charge on any atom is 0.156 e. The van der Waals surface area contributed by atoms with Crippen molar-refractivity contribution < 1.29 is 10.2 Å². The van der Waals surface area contributed by atoms with E-state index in [-0.39, 0.29) is 17.4 Å². The van der Waals surface area contributed by atoms with Crippen LogP contribution in [0.3, 0.4) is 0 Å². The van der Waals surface area contributed by atoms with Crippen molar-refractivity contribution in [2.45, 2.75) is 31.4 Å². The molecular weight excluding hydrogens is 352 g/mol. The standard InChI is InChI=1S/C22H18N4O2/c1-3-13-8-9-17(20(27)18(13)12-23)19-15-6-4-5-7-16(15)21(26-25-19)24-14-10-22(2,28)11-14/h1,4-9,14,27-28H,10-11H2,2H3,(H,24,26). The molecule has 0 amide bonds. The van der Waals surface area contributed by atoms with Crippen molar-refractivity contribution in [2.24, 2.45) is 0 Å². The van der Waals surface area contributed by atoms with Gasteiger partial charge in [-0.1, -0.05) is 30.2 Å². The fourth-order valence-corrected chi connectivity index (χ4v) is 3.72. The smallest absolute Gasteiger partial charge is 0.156 e. The van der Waals surface area contributed by atoms with Crippen LogP contribution >= 0.6 is 0 Å². The van der Waals surface area contributed by atoms with E-state index in [2.05, 4.69) is 21.4 Å². The number of phenols is 1. The van der Waals surface area contributed by atoms with Crippen molar-refractivity contribution in [1.29, 1.82) is 5.26 Å². The summed E-state index contributed by atoms with van der Waals surface area (Å²) >= 11 is 0. The van der Waals surface area contributed by atoms with Gasteiger partial charge < -0.3 is 15.5 Å². The van der Waals surface area contributed by atoms with Gasteiger partial charge in [0.25, 0.3) is 0 Å². The first-order chi connectivity index (χ1) is 13.4. The van der Waals surface area contributed by atoms with E-state index in [1.54, 1.807) is 12.1 Å². The number of nitrogens with zero attached hydrogens (tertiary/aromatic N) is 3. The third kappa shape index (κ3) is 2.90. The van der Waals surface area contributed by atoms with Gasteiger partial charge in [-0.25, -0.2) is 0 Å². The molecule has 0 bridgehead atoms. The van der Waals surface area contributed by atoms with Crippen LogP contribution in [0.4, 0.5) is 5.82 Å². The number of rotatable bonds is 3. The predicted octanol–water partition coefficient (Wildman–Crippen LogP) is 3.18. The van der Waals surface area contributed by atoms with Crippen LogP contribution in [0.15, 0.2) is 36.4 Å². The van der Waals surface area contributed by atoms with Gasteiger partial charge in [0.05, 0.1) is 5.60 Å². The highest BCUT2D eigenvalue weighted by Gasteiger charge is 2.38. The maximum absolute atomic E-state index is 10.6. The van der Waals surface area contributed by atoms with Gasteiger partial charge in [0.1, 0.15) is 23.1 Å². The van der Waals surface area contributed by atoms with E-state index < -0.39 is 5.60 Å². The molecule has 6 nitrogen and oxygen atoms in total. The zero-order valence-corrected chi connectivity index (χ0v) is 15.3. The quantitative estimate of drug-likeness (QED) is 0.612. The number of aliphatic hydroxyl groups is 1. The summed E-state index contributed by atoms with van der Waals surface area (Å²) in [5.41, 5.74) is 0.608. The Morgan fingerprint density at radius 3 is 2.54 bits per heavy atom. The molecule has 3 N–H and O–H groups in total. The number of aromatic hydroxyl groups is 1. The second-order valence-electron chi connectivity index (χ2n) is 7.33. The second-order valence-corrected chi connectivity index (χ2v) is 7.33. The van der Waals surface area contributed by atoms with E-state index in [1.165, 1.54) is 0 Å². The zero-order valence-electron chi connectivity index (χ0n) is 15.3. The van der Waals surface area contributed by atoms with Crippen LogP contribution in [0.25, 0.3) is 22.0 Å². The molecule has 0 spiro atoms. The molecule has 6 heteroatoms. The molecule has 138 valence electrons. The number of anilines is 1. The maximum atomic E-state index is 10.6. The van der Waals surface area contributed by atoms with Crippen molar-refractivity contribution in [1.82, 2.24) is 10.2 Å².